The topological polar surface area (TPSA) is 66.6 Å². The van der Waals surface area contributed by atoms with Gasteiger partial charge in [-0.1, -0.05) is 0 Å². The number of nitrogens with zero attached hydrogens (tertiary/aromatic N) is 2. The average molecular weight is 239 g/mol. The third-order valence-electron chi connectivity index (χ3n) is 3.71. The van der Waals surface area contributed by atoms with E-state index in [1.807, 2.05) is 11.8 Å². The SMILES string of the molecule is CCN1C[C@@H](C(=O)N2CCC[C@@H](N)C2)CC1=O. The highest BCUT2D eigenvalue weighted by Gasteiger charge is 2.36. The van der Waals surface area contributed by atoms with Crippen LogP contribution >= 0.6 is 0 Å². The second-order valence-corrected chi connectivity index (χ2v) is 5.02. The Hall–Kier alpha value is -1.10. The minimum atomic E-state index is -0.146. The molecule has 2 aliphatic heterocycles. The molecule has 96 valence electrons. The molecule has 2 N–H and O–H groups in total. The molecule has 0 aromatic carbocycles. The monoisotopic (exact) mass is 239 g/mol. The van der Waals surface area contributed by atoms with Crippen LogP contribution in [0.2, 0.25) is 0 Å². The Morgan fingerprint density at radius 3 is 2.82 bits per heavy atom. The first-order valence-electron chi connectivity index (χ1n) is 6.44. The summed E-state index contributed by atoms with van der Waals surface area (Å²) in [6.45, 7) is 4.67. The van der Waals surface area contributed by atoms with Crippen LogP contribution in [-0.4, -0.2) is 53.8 Å². The summed E-state index contributed by atoms with van der Waals surface area (Å²) in [4.78, 5) is 27.4. The first-order chi connectivity index (χ1) is 8.11. The third-order valence-corrected chi connectivity index (χ3v) is 3.71. The van der Waals surface area contributed by atoms with E-state index in [4.69, 9.17) is 5.73 Å². The van der Waals surface area contributed by atoms with Gasteiger partial charge in [0.2, 0.25) is 11.8 Å². The minimum Gasteiger partial charge on any atom is -0.342 e. The van der Waals surface area contributed by atoms with E-state index in [0.717, 1.165) is 19.4 Å². The fourth-order valence-corrected chi connectivity index (χ4v) is 2.71. The predicted octanol–water partition coefficient (Wildman–Crippen LogP) is -0.195. The molecule has 0 saturated carbocycles. The van der Waals surface area contributed by atoms with E-state index in [-0.39, 0.29) is 23.8 Å². The van der Waals surface area contributed by atoms with Crippen molar-refractivity contribution in [3.05, 3.63) is 0 Å². The molecule has 0 radical (unpaired) electrons. The van der Waals surface area contributed by atoms with Crippen molar-refractivity contribution in [3.8, 4) is 0 Å². The van der Waals surface area contributed by atoms with Gasteiger partial charge >= 0.3 is 0 Å². The van der Waals surface area contributed by atoms with Crippen LogP contribution in [0.1, 0.15) is 26.2 Å². The maximum absolute atomic E-state index is 12.2. The molecule has 2 saturated heterocycles. The van der Waals surface area contributed by atoms with Crippen LogP contribution < -0.4 is 5.73 Å². The van der Waals surface area contributed by atoms with E-state index in [2.05, 4.69) is 0 Å². The van der Waals surface area contributed by atoms with E-state index in [0.29, 0.717) is 26.1 Å². The van der Waals surface area contributed by atoms with E-state index in [9.17, 15) is 9.59 Å². The Bertz CT molecular complexity index is 319. The molecule has 17 heavy (non-hydrogen) atoms. The van der Waals surface area contributed by atoms with Gasteiger partial charge in [0.15, 0.2) is 0 Å². The van der Waals surface area contributed by atoms with Crippen molar-refractivity contribution in [2.24, 2.45) is 11.7 Å². The van der Waals surface area contributed by atoms with Crippen LogP contribution in [0.15, 0.2) is 0 Å². The normalized spacial score (nSPS) is 29.9. The predicted molar refractivity (Wildman–Crippen MR) is 64.2 cm³/mol. The van der Waals surface area contributed by atoms with Gasteiger partial charge in [-0.3, -0.25) is 9.59 Å². The van der Waals surface area contributed by atoms with Gasteiger partial charge in [-0.15, -0.1) is 0 Å². The Balaban J connectivity index is 1.94. The summed E-state index contributed by atoms with van der Waals surface area (Å²) < 4.78 is 0. The maximum Gasteiger partial charge on any atom is 0.228 e. The van der Waals surface area contributed by atoms with Gasteiger partial charge in [-0.05, 0) is 19.8 Å². The highest BCUT2D eigenvalue weighted by atomic mass is 16.2. The molecule has 0 bridgehead atoms. The second-order valence-electron chi connectivity index (χ2n) is 5.02. The van der Waals surface area contributed by atoms with Crippen LogP contribution in [0.3, 0.4) is 0 Å². The number of carbonyl (C=O) groups is 2. The van der Waals surface area contributed by atoms with Crippen molar-refractivity contribution >= 4 is 11.8 Å². The molecule has 0 aromatic heterocycles. The number of likely N-dealkylation sites (tertiary alicyclic amines) is 2. The van der Waals surface area contributed by atoms with Crippen molar-refractivity contribution in [3.63, 3.8) is 0 Å². The maximum atomic E-state index is 12.2. The summed E-state index contributed by atoms with van der Waals surface area (Å²) in [6, 6.07) is 0.104. The van der Waals surface area contributed by atoms with Crippen molar-refractivity contribution in [2.45, 2.75) is 32.2 Å². The summed E-state index contributed by atoms with van der Waals surface area (Å²) in [6.07, 6.45) is 2.35. The number of amides is 2. The van der Waals surface area contributed by atoms with Crippen LogP contribution in [0, 0.1) is 5.92 Å². The van der Waals surface area contributed by atoms with Gasteiger partial charge in [0, 0.05) is 38.6 Å². The van der Waals surface area contributed by atoms with Crippen LogP contribution in [-0.2, 0) is 9.59 Å². The molecule has 2 atom stereocenters. The Labute approximate surface area is 102 Å². The summed E-state index contributed by atoms with van der Waals surface area (Å²) in [5, 5.41) is 0. The molecule has 2 rings (SSSR count). The van der Waals surface area contributed by atoms with E-state index in [1.165, 1.54) is 0 Å². The van der Waals surface area contributed by atoms with Crippen molar-refractivity contribution in [1.82, 2.24) is 9.80 Å². The lowest BCUT2D eigenvalue weighted by molar-refractivity contribution is -0.137. The summed E-state index contributed by atoms with van der Waals surface area (Å²) >= 11 is 0. The number of hydrogen-bond donors (Lipinski definition) is 1. The standard InChI is InChI=1S/C12H21N3O2/c1-2-14-7-9(6-11(14)16)12(17)15-5-3-4-10(13)8-15/h9-10H,2-8,13H2,1H3/t9-,10+/m0/s1. The van der Waals surface area contributed by atoms with Crippen LogP contribution in [0.25, 0.3) is 0 Å². The highest BCUT2D eigenvalue weighted by Crippen LogP contribution is 2.21. The minimum absolute atomic E-state index is 0.104. The number of piperidine rings is 1. The smallest absolute Gasteiger partial charge is 0.228 e. The molecule has 0 spiro atoms. The zero-order chi connectivity index (χ0) is 12.4. The van der Waals surface area contributed by atoms with Crippen LogP contribution in [0.4, 0.5) is 0 Å². The fourth-order valence-electron chi connectivity index (χ4n) is 2.71. The molecule has 2 aliphatic rings. The van der Waals surface area contributed by atoms with Crippen molar-refractivity contribution in [2.75, 3.05) is 26.2 Å². The molecular weight excluding hydrogens is 218 g/mol. The number of hydrogen-bond acceptors (Lipinski definition) is 3. The molecule has 5 heteroatoms. The van der Waals surface area contributed by atoms with Gasteiger partial charge in [0.1, 0.15) is 0 Å². The van der Waals surface area contributed by atoms with Gasteiger partial charge < -0.3 is 15.5 Å². The van der Waals surface area contributed by atoms with E-state index in [1.54, 1.807) is 4.90 Å². The van der Waals surface area contributed by atoms with Gasteiger partial charge in [0.25, 0.3) is 0 Å². The van der Waals surface area contributed by atoms with Crippen LogP contribution in [0.5, 0.6) is 0 Å². The lowest BCUT2D eigenvalue weighted by Crippen LogP contribution is -2.48. The lowest BCUT2D eigenvalue weighted by atomic mass is 10.0. The zero-order valence-corrected chi connectivity index (χ0v) is 10.4. The molecular formula is C12H21N3O2. The first-order valence-corrected chi connectivity index (χ1v) is 6.44. The molecule has 2 amide bonds. The van der Waals surface area contributed by atoms with Gasteiger partial charge in [0.05, 0.1) is 5.92 Å². The molecule has 2 heterocycles. The van der Waals surface area contributed by atoms with E-state index < -0.39 is 0 Å². The second kappa shape index (κ2) is 5.04. The summed E-state index contributed by atoms with van der Waals surface area (Å²) in [5.74, 6) is 0.0735. The number of nitrogens with two attached hydrogens (primary N) is 1. The largest absolute Gasteiger partial charge is 0.342 e. The first kappa shape index (κ1) is 12.4. The summed E-state index contributed by atoms with van der Waals surface area (Å²) in [7, 11) is 0. The lowest BCUT2D eigenvalue weighted by Gasteiger charge is -2.32. The number of rotatable bonds is 2. The Morgan fingerprint density at radius 2 is 2.24 bits per heavy atom. The van der Waals surface area contributed by atoms with E-state index >= 15 is 0 Å². The molecule has 2 fully saturated rings. The zero-order valence-electron chi connectivity index (χ0n) is 10.4. The third kappa shape index (κ3) is 2.60. The van der Waals surface area contributed by atoms with Crippen molar-refractivity contribution < 1.29 is 9.59 Å². The Morgan fingerprint density at radius 1 is 1.47 bits per heavy atom. The fraction of sp³-hybridized carbons (Fsp3) is 0.833. The molecule has 0 aliphatic carbocycles. The number of carbonyl (C=O) groups excluding carboxylic acids is 2. The van der Waals surface area contributed by atoms with Gasteiger partial charge in [-0.2, -0.15) is 0 Å². The molecule has 5 nitrogen and oxygen atoms in total. The Kier molecular flexibility index (Phi) is 3.66. The highest BCUT2D eigenvalue weighted by molar-refractivity contribution is 5.89. The van der Waals surface area contributed by atoms with Gasteiger partial charge in [-0.25, -0.2) is 0 Å². The summed E-state index contributed by atoms with van der Waals surface area (Å²) in [5.41, 5.74) is 5.87. The molecule has 0 aromatic rings. The van der Waals surface area contributed by atoms with Crippen molar-refractivity contribution in [1.29, 1.82) is 0 Å². The quantitative estimate of drug-likeness (QED) is 0.726. The average Bonchev–Trinajstić information content (AvgIpc) is 2.69. The molecule has 0 unspecified atom stereocenters.